The molecule has 0 amide bonds. The number of nitrogens with zero attached hydrogens (tertiary/aromatic N) is 8. The number of hydrogen-bond acceptors (Lipinski definition) is 16. The zero-order valence-electron chi connectivity index (χ0n) is 30.1. The van der Waals surface area contributed by atoms with Crippen LogP contribution in [-0.2, 0) is 37.4 Å². The van der Waals surface area contributed by atoms with E-state index in [0.717, 1.165) is 45.8 Å². The van der Waals surface area contributed by atoms with E-state index in [0.29, 0.717) is 11.4 Å². The molecule has 2 heterocycles. The van der Waals surface area contributed by atoms with E-state index in [1.54, 1.807) is 0 Å². The molecule has 59 heavy (non-hydrogen) atoms. The number of H-pyrrole nitrogens is 2. The Hall–Kier alpha value is -7.15. The van der Waals surface area contributed by atoms with E-state index in [1.807, 2.05) is 0 Å². The van der Waals surface area contributed by atoms with Gasteiger partial charge in [-0.25, -0.2) is 28.1 Å². The van der Waals surface area contributed by atoms with Crippen molar-refractivity contribution in [1.82, 2.24) is 19.6 Å². The van der Waals surface area contributed by atoms with Crippen LogP contribution in [0.5, 0.6) is 11.5 Å². The minimum atomic E-state index is -3.96. The summed E-state index contributed by atoms with van der Waals surface area (Å²) in [7, 11) is -7.69. The van der Waals surface area contributed by atoms with Gasteiger partial charge in [0.1, 0.15) is 4.90 Å². The van der Waals surface area contributed by atoms with Crippen molar-refractivity contribution in [2.24, 2.45) is 25.6 Å². The van der Waals surface area contributed by atoms with E-state index in [9.17, 15) is 56.9 Å². The molecule has 0 atom stereocenters. The third kappa shape index (κ3) is 10.2. The maximum atomic E-state index is 12.7. The van der Waals surface area contributed by atoms with Crippen LogP contribution in [0.4, 0.5) is 34.1 Å². The average molecular weight is 888 g/mol. The number of nitrogens with two attached hydrogens (primary N) is 1. The number of non-ortho nitro benzene ring substituents is 2. The summed E-state index contributed by atoms with van der Waals surface area (Å²) in [5.74, 6) is -1.32. The second kappa shape index (κ2) is 17.6. The second-order valence-corrected chi connectivity index (χ2v) is 15.1. The minimum Gasteiger partial charge on any atom is -0.871 e. The number of sulfonamides is 2. The van der Waals surface area contributed by atoms with Crippen molar-refractivity contribution >= 4 is 54.2 Å². The summed E-state index contributed by atoms with van der Waals surface area (Å²) in [6.07, 6.45) is 0. The second-order valence-electron chi connectivity index (χ2n) is 11.8. The monoisotopic (exact) mass is 887 g/mol. The molecule has 0 bridgehead atoms. The van der Waals surface area contributed by atoms with Crippen molar-refractivity contribution in [1.29, 1.82) is 0 Å². The van der Waals surface area contributed by atoms with Crippen molar-refractivity contribution in [2.75, 3.05) is 0 Å². The first-order chi connectivity index (χ1) is 27.1. The average Bonchev–Trinajstić information content (AvgIpc) is 3.61. The maximum Gasteiger partial charge on any atom is 3.00 e. The molecule has 6 aromatic rings. The van der Waals surface area contributed by atoms with E-state index in [1.165, 1.54) is 62.4 Å². The molecule has 0 fully saturated rings. The standard InChI is InChI=1S/2C16H14N6O6S.Cr/c1-9-15(19-18-13-8-11(22(25)26)5-6-14(13)23)16(24)21(20-9)10-3-2-4-12(7-10)29(17,27)28;1-9-15(19-18-13-6-5-11(22(25)26)8-14(13)23)16(24)21(20-9)10-3-2-4-12(7-10)29(17,27)28;/h2*2-8,20,23H,1H3,(H2,17,27,28);/q;;+3/p-1. The summed E-state index contributed by atoms with van der Waals surface area (Å²) in [4.78, 5) is 45.1. The molecule has 0 aliphatic carbocycles. The number of quaternary nitrogens is 1. The predicted octanol–water partition coefficient (Wildman–Crippen LogP) is 2.32. The fraction of sp³-hybridized carbons (Fsp3) is 0.0625. The molecular formula is C32H27CrN12O12S2+2. The number of primary sulfonamides is 1. The number of aryl methyl sites for hydroxylation is 2. The third-order valence-corrected chi connectivity index (χ3v) is 9.63. The van der Waals surface area contributed by atoms with Crippen LogP contribution in [-0.4, -0.2) is 46.2 Å². The number of benzene rings is 4. The zero-order valence-corrected chi connectivity index (χ0v) is 33.0. The van der Waals surface area contributed by atoms with Gasteiger partial charge in [0.2, 0.25) is 10.0 Å². The predicted molar refractivity (Wildman–Crippen MR) is 197 cm³/mol. The summed E-state index contributed by atoms with van der Waals surface area (Å²) >= 11 is 0. The normalized spacial score (nSPS) is 11.6. The van der Waals surface area contributed by atoms with Crippen LogP contribution >= 0.6 is 0 Å². The first-order valence-electron chi connectivity index (χ1n) is 15.8. The van der Waals surface area contributed by atoms with Crippen LogP contribution in [0.25, 0.3) is 11.4 Å². The van der Waals surface area contributed by atoms with Crippen molar-refractivity contribution < 1.29 is 59.4 Å². The van der Waals surface area contributed by atoms with Gasteiger partial charge in [-0.15, -0.1) is 10.2 Å². The van der Waals surface area contributed by atoms with Gasteiger partial charge in [0, 0.05) is 24.3 Å². The smallest absolute Gasteiger partial charge is 0.871 e. The van der Waals surface area contributed by atoms with Crippen LogP contribution in [0.1, 0.15) is 11.4 Å². The van der Waals surface area contributed by atoms with Gasteiger partial charge in [-0.05, 0) is 56.3 Å². The molecule has 27 heteroatoms. The number of hydrogen-bond donors (Lipinski definition) is 4. The molecular weight excluding hydrogens is 861 g/mol. The molecule has 24 nitrogen and oxygen atoms in total. The van der Waals surface area contributed by atoms with Gasteiger partial charge in [-0.1, -0.05) is 29.7 Å². The largest absolute Gasteiger partial charge is 3.00 e. The molecule has 2 aromatic heterocycles. The Labute approximate surface area is 341 Å². The Balaban J connectivity index is 0.000000256. The number of aromatic nitrogens is 4. The third-order valence-electron chi connectivity index (χ3n) is 7.74. The number of aromatic amines is 2. The Bertz CT molecular complexity index is 3030. The van der Waals surface area contributed by atoms with E-state index in [2.05, 4.69) is 35.8 Å². The molecule has 303 valence electrons. The first kappa shape index (κ1) is 44.6. The molecule has 0 unspecified atom stereocenters. The van der Waals surface area contributed by atoms with Crippen molar-refractivity contribution in [3.63, 3.8) is 0 Å². The van der Waals surface area contributed by atoms with Crippen molar-refractivity contribution in [3.8, 4) is 22.9 Å². The number of nitro benzene ring substituents is 2. The number of azo groups is 2. The minimum absolute atomic E-state index is 0. The molecule has 6 rings (SSSR count). The SMILES string of the molecule is Cc1[nH]n(-c2cccc(S(N)(=O)=O)c2)c(=O)c1N=Nc1ccc([N+](=O)[O-])cc1[O-].Cc1[nH]n(-c2cccc(S([NH3+])(=O)=O)c2)c(=O)c1N=Nc1cc([N+](=O)[O-])ccc1[O-].[Cr+3]. The number of nitro groups is 2. The summed E-state index contributed by atoms with van der Waals surface area (Å²) in [5.41, 5.74) is -1.74. The number of nitrogens with one attached hydrogen (secondary N) is 2. The summed E-state index contributed by atoms with van der Waals surface area (Å²) in [5, 5.41) is 73.8. The van der Waals surface area contributed by atoms with Crippen molar-refractivity contribution in [3.05, 3.63) is 137 Å². The summed E-state index contributed by atoms with van der Waals surface area (Å²) in [6, 6.07) is 16.9. The summed E-state index contributed by atoms with van der Waals surface area (Å²) in [6.45, 7) is 3.06. The van der Waals surface area contributed by atoms with Crippen molar-refractivity contribution in [2.45, 2.75) is 23.6 Å². The first-order valence-corrected chi connectivity index (χ1v) is 19.0. The fourth-order valence-electron chi connectivity index (χ4n) is 4.89. The van der Waals surface area contributed by atoms with E-state index in [4.69, 9.17) is 5.14 Å². The Morgan fingerprint density at radius 3 is 1.58 bits per heavy atom. The Morgan fingerprint density at radius 1 is 0.644 bits per heavy atom. The van der Waals surface area contributed by atoms with Crippen LogP contribution in [0.3, 0.4) is 0 Å². The Morgan fingerprint density at radius 2 is 1.10 bits per heavy atom. The molecule has 0 saturated carbocycles. The van der Waals surface area contributed by atoms with Gasteiger partial charge in [0.15, 0.2) is 11.4 Å². The van der Waals surface area contributed by atoms with Gasteiger partial charge in [0.05, 0.1) is 48.9 Å². The molecule has 7 N–H and O–H groups in total. The van der Waals surface area contributed by atoms with E-state index < -0.39 is 52.5 Å². The molecule has 1 radical (unpaired) electrons. The quantitative estimate of drug-likeness (QED) is 0.0875. The van der Waals surface area contributed by atoms with Crippen LogP contribution in [0.15, 0.2) is 125 Å². The maximum absolute atomic E-state index is 12.7. The van der Waals surface area contributed by atoms with Crippen LogP contribution in [0.2, 0.25) is 0 Å². The van der Waals surface area contributed by atoms with E-state index >= 15 is 0 Å². The fourth-order valence-corrected chi connectivity index (χ4v) is 6.03. The van der Waals surface area contributed by atoms with Gasteiger partial charge >= 0.3 is 27.4 Å². The molecule has 4 aromatic carbocycles. The summed E-state index contributed by atoms with van der Waals surface area (Å²) < 4.78 is 48.4. The number of rotatable bonds is 10. The van der Waals surface area contributed by atoms with Crippen LogP contribution < -0.4 is 31.6 Å². The van der Waals surface area contributed by atoms with Gasteiger partial charge in [0.25, 0.3) is 22.5 Å². The zero-order chi connectivity index (χ0) is 42.7. The molecule has 0 spiro atoms. The van der Waals surface area contributed by atoms with Gasteiger partial charge < -0.3 is 10.2 Å². The van der Waals surface area contributed by atoms with E-state index in [-0.39, 0.29) is 72.7 Å². The Kier molecular flexibility index (Phi) is 13.3. The molecule has 0 aliphatic heterocycles. The van der Waals surface area contributed by atoms with Gasteiger partial charge in [-0.2, -0.15) is 18.6 Å². The molecule has 0 saturated heterocycles. The van der Waals surface area contributed by atoms with Gasteiger partial charge in [-0.3, -0.25) is 40.0 Å². The topological polar surface area (TPSA) is 379 Å². The molecule has 0 aliphatic rings. The van der Waals surface area contributed by atoms with Crippen LogP contribution in [0, 0.1) is 34.1 Å².